The van der Waals surface area contributed by atoms with Gasteiger partial charge in [0, 0.05) is 0 Å². The normalized spacial score (nSPS) is 14.4. The van der Waals surface area contributed by atoms with Crippen LogP contribution in [0.3, 0.4) is 0 Å². The minimum atomic E-state index is 0.840. The maximum Gasteiger partial charge on any atom is 0.136 e. The van der Waals surface area contributed by atoms with Gasteiger partial charge in [0.2, 0.25) is 0 Å². The van der Waals surface area contributed by atoms with Gasteiger partial charge in [-0.2, -0.15) is 0 Å². The number of nitrogens with zero attached hydrogens (tertiary/aromatic N) is 1. The molecule has 0 radical (unpaired) electrons. The Morgan fingerprint density at radius 2 is 1.32 bits per heavy atom. The molecule has 0 N–H and O–H groups in total. The number of hydrogen-bond donors (Lipinski definition) is 0. The first-order chi connectivity index (χ1) is 10.7. The van der Waals surface area contributed by atoms with Crippen LogP contribution in [0.25, 0.3) is 0 Å². The number of rotatable bonds is 16. The Morgan fingerprint density at radius 1 is 0.773 bits per heavy atom. The molecular formula is C20H42NO+. The topological polar surface area (TPSA) is 9.23 Å². The highest BCUT2D eigenvalue weighted by Crippen LogP contribution is 2.12. The molecule has 1 atom stereocenters. The van der Waals surface area contributed by atoms with Crippen LogP contribution in [0.5, 0.6) is 0 Å². The number of ether oxygens (including phenoxy) is 1. The van der Waals surface area contributed by atoms with Gasteiger partial charge in [-0.1, -0.05) is 64.4 Å². The largest absolute Gasteiger partial charge is 0.496 e. The molecule has 132 valence electrons. The van der Waals surface area contributed by atoms with E-state index in [1.54, 1.807) is 6.26 Å². The van der Waals surface area contributed by atoms with Gasteiger partial charge in [-0.25, -0.2) is 0 Å². The molecule has 0 aliphatic heterocycles. The molecule has 2 heteroatoms. The van der Waals surface area contributed by atoms with Gasteiger partial charge >= 0.3 is 0 Å². The summed E-state index contributed by atoms with van der Waals surface area (Å²) >= 11 is 0. The molecule has 0 saturated carbocycles. The van der Waals surface area contributed by atoms with E-state index in [1.165, 1.54) is 77.3 Å². The van der Waals surface area contributed by atoms with Crippen LogP contribution in [0.2, 0.25) is 0 Å². The maximum absolute atomic E-state index is 5.48. The highest BCUT2D eigenvalue weighted by molar-refractivity contribution is 4.64. The van der Waals surface area contributed by atoms with Crippen molar-refractivity contribution in [3.63, 3.8) is 0 Å². The van der Waals surface area contributed by atoms with E-state index in [4.69, 9.17) is 4.74 Å². The van der Waals surface area contributed by atoms with Crippen LogP contribution in [0.1, 0.15) is 85.0 Å². The van der Waals surface area contributed by atoms with Gasteiger partial charge in [-0.15, -0.1) is 0 Å². The lowest BCUT2D eigenvalue weighted by Gasteiger charge is -2.33. The number of likely N-dealkylation sites (N-methyl/N-ethyl adjacent to an activating group) is 1. The zero-order chi connectivity index (χ0) is 16.5. The van der Waals surface area contributed by atoms with Crippen LogP contribution in [-0.2, 0) is 4.74 Å². The molecule has 0 saturated heterocycles. The Labute approximate surface area is 140 Å². The van der Waals surface area contributed by atoms with Gasteiger partial charge in [-0.05, 0) is 26.7 Å². The third kappa shape index (κ3) is 13.2. The molecule has 0 aliphatic rings. The third-order valence-corrected chi connectivity index (χ3v) is 4.80. The number of quaternary nitrogens is 1. The average molecular weight is 313 g/mol. The summed E-state index contributed by atoms with van der Waals surface area (Å²) in [5.74, 6) is 0. The van der Waals surface area contributed by atoms with Gasteiger partial charge in [0.25, 0.3) is 0 Å². The molecule has 0 spiro atoms. The summed E-state index contributed by atoms with van der Waals surface area (Å²) in [6, 6.07) is 0. The summed E-state index contributed by atoms with van der Waals surface area (Å²) < 4.78 is 6.63. The first-order valence-corrected chi connectivity index (χ1v) is 9.75. The lowest BCUT2D eigenvalue weighted by molar-refractivity contribution is -0.908. The van der Waals surface area contributed by atoms with Crippen molar-refractivity contribution in [2.75, 3.05) is 33.3 Å². The Morgan fingerprint density at radius 3 is 1.82 bits per heavy atom. The fourth-order valence-electron chi connectivity index (χ4n) is 2.85. The van der Waals surface area contributed by atoms with Crippen molar-refractivity contribution in [2.45, 2.75) is 85.0 Å². The van der Waals surface area contributed by atoms with E-state index in [-0.39, 0.29) is 0 Å². The molecule has 0 aromatic carbocycles. The van der Waals surface area contributed by atoms with Crippen LogP contribution in [0.15, 0.2) is 12.3 Å². The predicted octanol–water partition coefficient (Wildman–Crippen LogP) is 5.92. The van der Waals surface area contributed by atoms with Crippen LogP contribution in [0, 0.1) is 0 Å². The minimum absolute atomic E-state index is 0.840. The van der Waals surface area contributed by atoms with E-state index in [0.29, 0.717) is 0 Å². The summed E-state index contributed by atoms with van der Waals surface area (Å²) in [4.78, 5) is 0. The number of unbranched alkanes of at least 4 members (excludes halogenated alkanes) is 9. The van der Waals surface area contributed by atoms with Crippen molar-refractivity contribution in [1.29, 1.82) is 0 Å². The number of hydrogen-bond acceptors (Lipinski definition) is 1. The zero-order valence-corrected chi connectivity index (χ0v) is 15.9. The summed E-state index contributed by atoms with van der Waals surface area (Å²) in [7, 11) is 2.37. The molecular weight excluding hydrogens is 270 g/mol. The van der Waals surface area contributed by atoms with E-state index < -0.39 is 0 Å². The molecule has 0 aliphatic carbocycles. The Balaban J connectivity index is 3.49. The quantitative estimate of drug-likeness (QED) is 0.195. The smallest absolute Gasteiger partial charge is 0.136 e. The molecule has 0 aromatic rings. The van der Waals surface area contributed by atoms with Crippen LogP contribution >= 0.6 is 0 Å². The molecule has 0 rings (SSSR count). The SMILES string of the molecule is CC=COCC[N+](C)(CC)CCCCCCCCCCCC. The van der Waals surface area contributed by atoms with Gasteiger partial charge in [0.05, 0.1) is 26.4 Å². The van der Waals surface area contributed by atoms with E-state index in [2.05, 4.69) is 20.9 Å². The van der Waals surface area contributed by atoms with Gasteiger partial charge in [0.15, 0.2) is 0 Å². The average Bonchev–Trinajstić information content (AvgIpc) is 2.53. The van der Waals surface area contributed by atoms with E-state index in [9.17, 15) is 0 Å². The molecule has 0 aromatic heterocycles. The molecule has 22 heavy (non-hydrogen) atoms. The van der Waals surface area contributed by atoms with E-state index >= 15 is 0 Å². The lowest BCUT2D eigenvalue weighted by Crippen LogP contribution is -2.46. The summed E-state index contributed by atoms with van der Waals surface area (Å²) in [6.07, 6.45) is 18.0. The van der Waals surface area contributed by atoms with Crippen LogP contribution in [0.4, 0.5) is 0 Å². The minimum Gasteiger partial charge on any atom is -0.496 e. The second kappa shape index (κ2) is 15.4. The van der Waals surface area contributed by atoms with Gasteiger partial charge < -0.3 is 9.22 Å². The highest BCUT2D eigenvalue weighted by Gasteiger charge is 2.17. The lowest BCUT2D eigenvalue weighted by atomic mass is 10.1. The molecule has 1 unspecified atom stereocenters. The summed E-state index contributed by atoms with van der Waals surface area (Å²) in [5.41, 5.74) is 0. The fraction of sp³-hybridized carbons (Fsp3) is 0.900. The zero-order valence-electron chi connectivity index (χ0n) is 15.9. The Kier molecular flexibility index (Phi) is 15.0. The molecule has 2 nitrogen and oxygen atoms in total. The molecule has 0 heterocycles. The third-order valence-electron chi connectivity index (χ3n) is 4.80. The van der Waals surface area contributed by atoms with Crippen molar-refractivity contribution < 1.29 is 9.22 Å². The predicted molar refractivity (Wildman–Crippen MR) is 99.1 cm³/mol. The highest BCUT2D eigenvalue weighted by atomic mass is 16.5. The van der Waals surface area contributed by atoms with Crippen LogP contribution in [-0.4, -0.2) is 37.8 Å². The van der Waals surface area contributed by atoms with E-state index in [0.717, 1.165) is 17.6 Å². The van der Waals surface area contributed by atoms with Crippen molar-refractivity contribution in [3.05, 3.63) is 12.3 Å². The maximum atomic E-state index is 5.48. The van der Waals surface area contributed by atoms with Crippen molar-refractivity contribution in [1.82, 2.24) is 0 Å². The Bertz CT molecular complexity index is 252. The Hall–Kier alpha value is -0.500. The van der Waals surface area contributed by atoms with Crippen molar-refractivity contribution in [3.8, 4) is 0 Å². The number of allylic oxidation sites excluding steroid dienone is 1. The van der Waals surface area contributed by atoms with Gasteiger partial charge in [-0.3, -0.25) is 0 Å². The monoisotopic (exact) mass is 312 g/mol. The first kappa shape index (κ1) is 21.5. The first-order valence-electron chi connectivity index (χ1n) is 9.75. The summed E-state index contributed by atoms with van der Waals surface area (Å²) in [5, 5.41) is 0. The second-order valence-corrected chi connectivity index (χ2v) is 6.91. The molecule has 0 fully saturated rings. The summed E-state index contributed by atoms with van der Waals surface area (Å²) in [6.45, 7) is 11.0. The second-order valence-electron chi connectivity index (χ2n) is 6.91. The van der Waals surface area contributed by atoms with Crippen molar-refractivity contribution >= 4 is 0 Å². The van der Waals surface area contributed by atoms with Crippen LogP contribution < -0.4 is 0 Å². The fourth-order valence-corrected chi connectivity index (χ4v) is 2.85. The van der Waals surface area contributed by atoms with E-state index in [1.807, 2.05) is 13.0 Å². The molecule has 0 bridgehead atoms. The molecule has 0 amide bonds. The van der Waals surface area contributed by atoms with Gasteiger partial charge in [0.1, 0.15) is 13.2 Å². The van der Waals surface area contributed by atoms with Crippen molar-refractivity contribution in [2.24, 2.45) is 0 Å². The standard InChI is InChI=1S/C20H42NO/c1-5-8-9-10-11-12-13-14-15-16-17-21(4,7-3)18-20-22-19-6-2/h6,19H,5,7-18,20H2,1-4H3/q+1.